The third-order valence-electron chi connectivity index (χ3n) is 5.65. The molecule has 22 heavy (non-hydrogen) atoms. The predicted octanol–water partition coefficient (Wildman–Crippen LogP) is 3.14. The molecule has 3 nitrogen and oxygen atoms in total. The van der Waals surface area contributed by atoms with Crippen LogP contribution in [0.3, 0.4) is 0 Å². The van der Waals surface area contributed by atoms with Crippen LogP contribution in [0.25, 0.3) is 0 Å². The molecule has 1 aromatic rings. The average Bonchev–Trinajstić information content (AvgIpc) is 2.68. The Bertz CT molecular complexity index is 514. The van der Waals surface area contributed by atoms with E-state index < -0.39 is 5.60 Å². The van der Waals surface area contributed by atoms with E-state index in [1.807, 2.05) is 24.3 Å². The van der Waals surface area contributed by atoms with Crippen LogP contribution in [0.5, 0.6) is 0 Å². The Labute approximate surface area is 134 Å². The van der Waals surface area contributed by atoms with E-state index in [1.54, 1.807) is 0 Å². The van der Waals surface area contributed by atoms with Gasteiger partial charge >= 0.3 is 7.12 Å². The summed E-state index contributed by atoms with van der Waals surface area (Å²) in [6.45, 7) is 8.25. The quantitative estimate of drug-likeness (QED) is 0.853. The maximum Gasteiger partial charge on any atom is 0.494 e. The number of rotatable bonds is 2. The first-order valence-corrected chi connectivity index (χ1v) is 8.42. The van der Waals surface area contributed by atoms with Crippen LogP contribution in [0.4, 0.5) is 0 Å². The number of hydrogen-bond donors (Lipinski definition) is 1. The first-order valence-electron chi connectivity index (χ1n) is 8.42. The molecule has 1 heterocycles. The van der Waals surface area contributed by atoms with Gasteiger partial charge in [-0.05, 0) is 51.6 Å². The largest absolute Gasteiger partial charge is 0.494 e. The molecule has 1 N–H and O–H groups in total. The van der Waals surface area contributed by atoms with Gasteiger partial charge in [-0.15, -0.1) is 0 Å². The van der Waals surface area contributed by atoms with E-state index in [-0.39, 0.29) is 18.3 Å². The molecule has 1 aliphatic heterocycles. The molecule has 1 aromatic carbocycles. The minimum absolute atomic E-state index is 0.322. The van der Waals surface area contributed by atoms with Crippen molar-refractivity contribution in [2.24, 2.45) is 0 Å². The van der Waals surface area contributed by atoms with Gasteiger partial charge in [0, 0.05) is 0 Å². The van der Waals surface area contributed by atoms with Crippen molar-refractivity contribution in [3.8, 4) is 0 Å². The van der Waals surface area contributed by atoms with Crippen LogP contribution >= 0.6 is 0 Å². The molecule has 0 aromatic heterocycles. The van der Waals surface area contributed by atoms with E-state index >= 15 is 0 Å². The maximum absolute atomic E-state index is 10.8. The zero-order valence-electron chi connectivity index (χ0n) is 14.2. The van der Waals surface area contributed by atoms with Gasteiger partial charge in [0.2, 0.25) is 0 Å². The Kier molecular flexibility index (Phi) is 3.91. The van der Waals surface area contributed by atoms with Crippen LogP contribution in [0.15, 0.2) is 24.3 Å². The molecule has 0 amide bonds. The van der Waals surface area contributed by atoms with Crippen LogP contribution < -0.4 is 5.46 Å². The van der Waals surface area contributed by atoms with E-state index in [4.69, 9.17) is 9.31 Å². The average molecular weight is 302 g/mol. The minimum Gasteiger partial charge on any atom is -0.399 e. The van der Waals surface area contributed by atoms with Crippen molar-refractivity contribution in [3.05, 3.63) is 29.8 Å². The maximum atomic E-state index is 10.8. The fraction of sp³-hybridized carbons (Fsp3) is 0.667. The van der Waals surface area contributed by atoms with Crippen molar-refractivity contribution in [3.63, 3.8) is 0 Å². The van der Waals surface area contributed by atoms with Crippen LogP contribution in [-0.4, -0.2) is 23.4 Å². The lowest BCUT2D eigenvalue weighted by Gasteiger charge is -2.32. The lowest BCUT2D eigenvalue weighted by atomic mass is 9.75. The second kappa shape index (κ2) is 5.36. The minimum atomic E-state index is -0.646. The lowest BCUT2D eigenvalue weighted by molar-refractivity contribution is -0.000614. The Morgan fingerprint density at radius 2 is 1.36 bits per heavy atom. The monoisotopic (exact) mass is 302 g/mol. The second-order valence-electron chi connectivity index (χ2n) is 7.80. The summed E-state index contributed by atoms with van der Waals surface area (Å²) in [5.74, 6) is 0. The number of hydrogen-bond acceptors (Lipinski definition) is 3. The summed E-state index contributed by atoms with van der Waals surface area (Å²) in [4.78, 5) is 0. The van der Waals surface area contributed by atoms with Crippen LogP contribution in [0.1, 0.15) is 65.4 Å². The van der Waals surface area contributed by atoms with Gasteiger partial charge in [0.15, 0.2) is 0 Å². The van der Waals surface area contributed by atoms with E-state index in [0.29, 0.717) is 0 Å². The molecular formula is C18H27BO3. The van der Waals surface area contributed by atoms with Gasteiger partial charge in [-0.2, -0.15) is 0 Å². The number of aliphatic hydroxyl groups is 1. The summed E-state index contributed by atoms with van der Waals surface area (Å²) >= 11 is 0. The highest BCUT2D eigenvalue weighted by Gasteiger charge is 2.51. The molecule has 1 saturated carbocycles. The smallest absolute Gasteiger partial charge is 0.399 e. The van der Waals surface area contributed by atoms with Gasteiger partial charge < -0.3 is 14.4 Å². The summed E-state index contributed by atoms with van der Waals surface area (Å²) in [6.07, 6.45) is 5.17. The first-order chi connectivity index (χ1) is 10.2. The summed E-state index contributed by atoms with van der Waals surface area (Å²) < 4.78 is 12.2. The molecule has 0 bridgehead atoms. The zero-order chi connectivity index (χ0) is 16.0. The van der Waals surface area contributed by atoms with Gasteiger partial charge in [-0.1, -0.05) is 43.5 Å². The van der Waals surface area contributed by atoms with Crippen molar-refractivity contribution in [2.75, 3.05) is 0 Å². The van der Waals surface area contributed by atoms with Crippen LogP contribution in [0.2, 0.25) is 0 Å². The SMILES string of the molecule is CC1(C)OB(c2ccc(C3(O)CCCCC3)cc2)OC1(C)C. The van der Waals surface area contributed by atoms with Gasteiger partial charge in [-0.25, -0.2) is 0 Å². The van der Waals surface area contributed by atoms with Crippen molar-refractivity contribution >= 4 is 12.6 Å². The zero-order valence-corrected chi connectivity index (χ0v) is 14.2. The van der Waals surface area contributed by atoms with Gasteiger partial charge in [0.1, 0.15) is 0 Å². The molecule has 3 rings (SSSR count). The van der Waals surface area contributed by atoms with Crippen molar-refractivity contribution < 1.29 is 14.4 Å². The molecule has 2 aliphatic rings. The molecular weight excluding hydrogens is 275 g/mol. The Balaban J connectivity index is 1.78. The predicted molar refractivity (Wildman–Crippen MR) is 89.1 cm³/mol. The second-order valence-corrected chi connectivity index (χ2v) is 7.80. The molecule has 0 spiro atoms. The van der Waals surface area contributed by atoms with E-state index in [0.717, 1.165) is 36.7 Å². The highest BCUT2D eigenvalue weighted by Crippen LogP contribution is 2.38. The fourth-order valence-corrected chi connectivity index (χ4v) is 3.35. The molecule has 1 saturated heterocycles. The highest BCUT2D eigenvalue weighted by molar-refractivity contribution is 6.62. The fourth-order valence-electron chi connectivity index (χ4n) is 3.35. The summed E-state index contributed by atoms with van der Waals surface area (Å²) in [7, 11) is -0.333. The number of benzene rings is 1. The normalized spacial score (nSPS) is 26.1. The van der Waals surface area contributed by atoms with Gasteiger partial charge in [0.25, 0.3) is 0 Å². The third kappa shape index (κ3) is 2.73. The van der Waals surface area contributed by atoms with Crippen molar-refractivity contribution in [2.45, 2.75) is 76.6 Å². The van der Waals surface area contributed by atoms with E-state index in [2.05, 4.69) is 27.7 Å². The van der Waals surface area contributed by atoms with Crippen LogP contribution in [0, 0.1) is 0 Å². The van der Waals surface area contributed by atoms with Crippen molar-refractivity contribution in [1.29, 1.82) is 0 Å². The molecule has 2 fully saturated rings. The molecule has 0 unspecified atom stereocenters. The Morgan fingerprint density at radius 1 is 0.864 bits per heavy atom. The van der Waals surface area contributed by atoms with Crippen molar-refractivity contribution in [1.82, 2.24) is 0 Å². The highest BCUT2D eigenvalue weighted by atomic mass is 16.7. The molecule has 0 radical (unpaired) electrons. The summed E-state index contributed by atoms with van der Waals surface area (Å²) in [5, 5.41) is 10.8. The topological polar surface area (TPSA) is 38.7 Å². The molecule has 4 heteroatoms. The van der Waals surface area contributed by atoms with Gasteiger partial charge in [-0.3, -0.25) is 0 Å². The molecule has 1 aliphatic carbocycles. The summed E-state index contributed by atoms with van der Waals surface area (Å²) in [6, 6.07) is 8.13. The molecule has 120 valence electrons. The first kappa shape index (κ1) is 16.0. The van der Waals surface area contributed by atoms with E-state index in [9.17, 15) is 5.11 Å². The third-order valence-corrected chi connectivity index (χ3v) is 5.65. The molecule has 0 atom stereocenters. The summed E-state index contributed by atoms with van der Waals surface area (Å²) in [5.41, 5.74) is 0.747. The standard InChI is InChI=1S/C18H27BO3/c1-16(2)17(3,4)22-19(21-16)15-10-8-14(9-11-15)18(20)12-6-5-7-13-18/h8-11,20H,5-7,12-13H2,1-4H3. The Morgan fingerprint density at radius 3 is 1.86 bits per heavy atom. The Hall–Kier alpha value is -0.835. The van der Waals surface area contributed by atoms with Gasteiger partial charge in [0.05, 0.1) is 16.8 Å². The lowest BCUT2D eigenvalue weighted by Crippen LogP contribution is -2.41. The van der Waals surface area contributed by atoms with E-state index in [1.165, 1.54) is 6.42 Å². The van der Waals surface area contributed by atoms with Crippen LogP contribution in [-0.2, 0) is 14.9 Å².